The molecule has 0 aliphatic carbocycles. The molecule has 3 rings (SSSR count). The highest BCUT2D eigenvalue weighted by Gasteiger charge is 2.12. The van der Waals surface area contributed by atoms with E-state index >= 15 is 0 Å². The summed E-state index contributed by atoms with van der Waals surface area (Å²) in [4.78, 5) is 22.9. The molecule has 0 fully saturated rings. The summed E-state index contributed by atoms with van der Waals surface area (Å²) in [6, 6.07) is 18.4. The van der Waals surface area contributed by atoms with Crippen molar-refractivity contribution in [2.45, 2.75) is 20.5 Å². The molecule has 3 aromatic rings. The fraction of sp³-hybridized carbons (Fsp3) is 0.120. The molecule has 0 bridgehead atoms. The van der Waals surface area contributed by atoms with Crippen molar-refractivity contribution in [3.05, 3.63) is 104 Å². The van der Waals surface area contributed by atoms with Gasteiger partial charge in [-0.3, -0.25) is 14.9 Å². The lowest BCUT2D eigenvalue weighted by atomic mass is 10.1. The van der Waals surface area contributed by atoms with E-state index in [2.05, 4.69) is 5.32 Å². The number of nitrogens with zero attached hydrogens (tertiary/aromatic N) is 2. The van der Waals surface area contributed by atoms with Gasteiger partial charge in [0.05, 0.1) is 9.95 Å². The molecule has 166 valence electrons. The number of nitrogens with one attached hydrogen (secondary N) is 1. The Balaban J connectivity index is 1.70. The maximum absolute atomic E-state index is 12.6. The van der Waals surface area contributed by atoms with Gasteiger partial charge in [0.15, 0.2) is 0 Å². The SMILES string of the molecule is Cc1cccc(NC(=O)/C(C#N)=C/c2ccc(OCc3ccc([N+](=O)[O-])cc3)c(Cl)c2)c1C. The van der Waals surface area contributed by atoms with Crippen molar-refractivity contribution in [1.82, 2.24) is 0 Å². The second-order valence-corrected chi connectivity index (χ2v) is 7.68. The lowest BCUT2D eigenvalue weighted by Gasteiger charge is -2.10. The Hall–Kier alpha value is -4.15. The van der Waals surface area contributed by atoms with Gasteiger partial charge in [0, 0.05) is 17.8 Å². The highest BCUT2D eigenvalue weighted by molar-refractivity contribution is 6.32. The predicted octanol–water partition coefficient (Wildman–Crippen LogP) is 5.99. The maximum atomic E-state index is 12.6. The molecule has 0 heterocycles. The van der Waals surface area contributed by atoms with E-state index in [4.69, 9.17) is 16.3 Å². The van der Waals surface area contributed by atoms with Crippen LogP contribution in [-0.2, 0) is 11.4 Å². The molecule has 0 saturated carbocycles. The van der Waals surface area contributed by atoms with Crippen LogP contribution >= 0.6 is 11.6 Å². The van der Waals surface area contributed by atoms with Crippen LogP contribution in [0.15, 0.2) is 66.2 Å². The Morgan fingerprint density at radius 3 is 2.55 bits per heavy atom. The van der Waals surface area contributed by atoms with Crippen molar-refractivity contribution in [2.75, 3.05) is 5.32 Å². The van der Waals surface area contributed by atoms with Crippen LogP contribution < -0.4 is 10.1 Å². The van der Waals surface area contributed by atoms with Crippen molar-refractivity contribution in [1.29, 1.82) is 5.26 Å². The summed E-state index contributed by atoms with van der Waals surface area (Å²) in [5, 5.41) is 23.3. The predicted molar refractivity (Wildman–Crippen MR) is 127 cm³/mol. The van der Waals surface area contributed by atoms with Gasteiger partial charge in [0.1, 0.15) is 24.0 Å². The number of non-ortho nitro benzene ring substituents is 1. The van der Waals surface area contributed by atoms with Crippen LogP contribution in [0.25, 0.3) is 6.08 Å². The number of hydrogen-bond donors (Lipinski definition) is 1. The maximum Gasteiger partial charge on any atom is 0.269 e. The fourth-order valence-electron chi connectivity index (χ4n) is 2.99. The Bertz CT molecular complexity index is 1280. The van der Waals surface area contributed by atoms with Crippen LogP contribution in [0.4, 0.5) is 11.4 Å². The van der Waals surface area contributed by atoms with E-state index in [0.29, 0.717) is 22.0 Å². The summed E-state index contributed by atoms with van der Waals surface area (Å²) in [6.07, 6.45) is 1.45. The van der Waals surface area contributed by atoms with E-state index in [0.717, 1.165) is 16.7 Å². The monoisotopic (exact) mass is 461 g/mol. The number of aryl methyl sites for hydroxylation is 1. The van der Waals surface area contributed by atoms with Crippen molar-refractivity contribution < 1.29 is 14.5 Å². The Kier molecular flexibility index (Phi) is 7.44. The molecule has 7 nitrogen and oxygen atoms in total. The molecule has 0 atom stereocenters. The van der Waals surface area contributed by atoms with Gasteiger partial charge in [0.25, 0.3) is 11.6 Å². The molecule has 0 aromatic heterocycles. The third kappa shape index (κ3) is 5.97. The lowest BCUT2D eigenvalue weighted by molar-refractivity contribution is -0.384. The smallest absolute Gasteiger partial charge is 0.269 e. The molecule has 8 heteroatoms. The molecule has 0 aliphatic rings. The van der Waals surface area contributed by atoms with Gasteiger partial charge in [-0.15, -0.1) is 0 Å². The van der Waals surface area contributed by atoms with Crippen LogP contribution in [0.2, 0.25) is 5.02 Å². The third-order valence-electron chi connectivity index (χ3n) is 5.03. The largest absolute Gasteiger partial charge is 0.487 e. The summed E-state index contributed by atoms with van der Waals surface area (Å²) in [5.41, 5.74) is 3.86. The van der Waals surface area contributed by atoms with Gasteiger partial charge >= 0.3 is 0 Å². The molecule has 0 aliphatic heterocycles. The van der Waals surface area contributed by atoms with Gasteiger partial charge in [-0.05, 0) is 72.5 Å². The number of nitro benzene ring substituents is 1. The first-order chi connectivity index (χ1) is 15.8. The summed E-state index contributed by atoms with van der Waals surface area (Å²) < 4.78 is 5.69. The van der Waals surface area contributed by atoms with Gasteiger partial charge < -0.3 is 10.1 Å². The normalized spacial score (nSPS) is 10.9. The van der Waals surface area contributed by atoms with Crippen LogP contribution in [-0.4, -0.2) is 10.8 Å². The minimum Gasteiger partial charge on any atom is -0.487 e. The van der Waals surface area contributed by atoms with E-state index in [1.807, 2.05) is 32.0 Å². The second-order valence-electron chi connectivity index (χ2n) is 7.27. The molecule has 0 spiro atoms. The summed E-state index contributed by atoms with van der Waals surface area (Å²) in [6.45, 7) is 4.02. The van der Waals surface area contributed by atoms with Crippen LogP contribution in [0.1, 0.15) is 22.3 Å². The molecular weight excluding hydrogens is 442 g/mol. The Labute approximate surface area is 196 Å². The van der Waals surface area contributed by atoms with E-state index in [1.165, 1.54) is 18.2 Å². The highest BCUT2D eigenvalue weighted by Crippen LogP contribution is 2.28. The van der Waals surface area contributed by atoms with E-state index in [9.17, 15) is 20.2 Å². The van der Waals surface area contributed by atoms with Crippen LogP contribution in [0.3, 0.4) is 0 Å². The number of nitro groups is 1. The van der Waals surface area contributed by atoms with Crippen LogP contribution in [0, 0.1) is 35.3 Å². The Morgan fingerprint density at radius 1 is 1.18 bits per heavy atom. The number of carbonyl (C=O) groups is 1. The van der Waals surface area contributed by atoms with Gasteiger partial charge in [-0.25, -0.2) is 0 Å². The standard InChI is InChI=1S/C25H20ClN3O4/c1-16-4-3-5-23(17(16)2)28-25(30)20(14-27)12-19-8-11-24(22(26)13-19)33-15-18-6-9-21(10-7-18)29(31)32/h3-13H,15H2,1-2H3,(H,28,30)/b20-12+. The first-order valence-corrected chi connectivity index (χ1v) is 10.3. The number of carbonyl (C=O) groups excluding carboxylic acids is 1. The number of amides is 1. The number of halogens is 1. The topological polar surface area (TPSA) is 105 Å². The number of anilines is 1. The second kappa shape index (κ2) is 10.4. The number of rotatable bonds is 7. The zero-order valence-electron chi connectivity index (χ0n) is 18.0. The first-order valence-electron chi connectivity index (χ1n) is 9.93. The minimum atomic E-state index is -0.513. The van der Waals surface area contributed by atoms with Gasteiger partial charge in [-0.2, -0.15) is 5.26 Å². The van der Waals surface area contributed by atoms with Crippen molar-refractivity contribution in [2.24, 2.45) is 0 Å². The highest BCUT2D eigenvalue weighted by atomic mass is 35.5. The molecule has 1 amide bonds. The molecule has 1 N–H and O–H groups in total. The molecule has 0 radical (unpaired) electrons. The summed E-state index contributed by atoms with van der Waals surface area (Å²) in [5.74, 6) is -0.105. The van der Waals surface area contributed by atoms with Crippen molar-refractivity contribution >= 4 is 35.0 Å². The van der Waals surface area contributed by atoms with E-state index in [1.54, 1.807) is 36.4 Å². The third-order valence-corrected chi connectivity index (χ3v) is 5.32. The fourth-order valence-corrected chi connectivity index (χ4v) is 3.23. The lowest BCUT2D eigenvalue weighted by Crippen LogP contribution is -2.14. The van der Waals surface area contributed by atoms with Gasteiger partial charge in [-0.1, -0.05) is 29.8 Å². The van der Waals surface area contributed by atoms with Crippen molar-refractivity contribution in [3.8, 4) is 11.8 Å². The van der Waals surface area contributed by atoms with E-state index < -0.39 is 10.8 Å². The Morgan fingerprint density at radius 2 is 1.91 bits per heavy atom. The minimum absolute atomic E-state index is 0.00261. The zero-order valence-corrected chi connectivity index (χ0v) is 18.7. The quantitative estimate of drug-likeness (QED) is 0.201. The molecule has 3 aromatic carbocycles. The van der Waals surface area contributed by atoms with Gasteiger partial charge in [0.2, 0.25) is 0 Å². The molecular formula is C25H20ClN3O4. The molecule has 0 unspecified atom stereocenters. The molecule has 33 heavy (non-hydrogen) atoms. The summed E-state index contributed by atoms with van der Waals surface area (Å²) >= 11 is 6.31. The van der Waals surface area contributed by atoms with Crippen molar-refractivity contribution in [3.63, 3.8) is 0 Å². The number of nitriles is 1. The number of ether oxygens (including phenoxy) is 1. The first kappa shape index (κ1) is 23.5. The average Bonchev–Trinajstić information content (AvgIpc) is 2.80. The zero-order chi connectivity index (χ0) is 24.0. The number of hydrogen-bond acceptors (Lipinski definition) is 5. The average molecular weight is 462 g/mol. The van der Waals surface area contributed by atoms with Crippen LogP contribution in [0.5, 0.6) is 5.75 Å². The molecule has 0 saturated heterocycles. The number of benzene rings is 3. The summed E-state index contributed by atoms with van der Waals surface area (Å²) in [7, 11) is 0. The van der Waals surface area contributed by atoms with E-state index in [-0.39, 0.29) is 17.9 Å².